The number of nitrogens with one attached hydrogen (secondary N) is 1. The quantitative estimate of drug-likeness (QED) is 0.686. The van der Waals surface area contributed by atoms with Crippen LogP contribution in [0, 0.1) is 11.3 Å². The van der Waals surface area contributed by atoms with Gasteiger partial charge in [-0.25, -0.2) is 10.4 Å². The molecular formula is C14H13ClN4O. The van der Waals surface area contributed by atoms with E-state index in [-0.39, 0.29) is 17.5 Å². The van der Waals surface area contributed by atoms with Crippen LogP contribution < -0.4 is 5.43 Å². The number of hydrazone groups is 1. The Morgan fingerprint density at radius 3 is 2.95 bits per heavy atom. The van der Waals surface area contributed by atoms with E-state index in [1.807, 2.05) is 32.0 Å². The van der Waals surface area contributed by atoms with E-state index in [0.717, 1.165) is 5.56 Å². The summed E-state index contributed by atoms with van der Waals surface area (Å²) in [6.07, 6.45) is 1.59. The van der Waals surface area contributed by atoms with Crippen LogP contribution in [0.25, 0.3) is 0 Å². The number of nitriles is 1. The lowest BCUT2D eigenvalue weighted by Gasteiger charge is -1.97. The highest BCUT2D eigenvalue weighted by atomic mass is 35.5. The van der Waals surface area contributed by atoms with E-state index in [1.54, 1.807) is 18.3 Å². The minimum Gasteiger partial charge on any atom is -0.422 e. The Balaban J connectivity index is 2.13. The molecule has 0 aliphatic rings. The largest absolute Gasteiger partial charge is 0.422 e. The minimum absolute atomic E-state index is 0.106. The molecule has 6 heteroatoms. The maximum Gasteiger partial charge on any atom is 0.252 e. The van der Waals surface area contributed by atoms with Crippen molar-refractivity contribution in [1.29, 1.82) is 5.26 Å². The molecule has 1 aromatic carbocycles. The molecule has 2 rings (SSSR count). The van der Waals surface area contributed by atoms with E-state index < -0.39 is 0 Å². The Labute approximate surface area is 121 Å². The number of rotatable bonds is 4. The van der Waals surface area contributed by atoms with Gasteiger partial charge in [0.15, 0.2) is 0 Å². The molecule has 1 heterocycles. The van der Waals surface area contributed by atoms with E-state index in [0.29, 0.717) is 10.9 Å². The molecule has 1 aromatic heterocycles. The fraction of sp³-hybridized carbons (Fsp3) is 0.214. The number of oxazole rings is 1. The van der Waals surface area contributed by atoms with Gasteiger partial charge in [0.25, 0.3) is 5.88 Å². The lowest BCUT2D eigenvalue weighted by atomic mass is 10.2. The number of hydrogen-bond donors (Lipinski definition) is 1. The van der Waals surface area contributed by atoms with E-state index in [2.05, 4.69) is 15.5 Å². The van der Waals surface area contributed by atoms with Crippen LogP contribution in [0.3, 0.4) is 0 Å². The summed E-state index contributed by atoms with van der Waals surface area (Å²) in [4.78, 5) is 4.08. The van der Waals surface area contributed by atoms with Crippen molar-refractivity contribution < 1.29 is 4.42 Å². The zero-order chi connectivity index (χ0) is 14.5. The second kappa shape index (κ2) is 6.22. The molecule has 0 saturated carbocycles. The number of benzene rings is 1. The summed E-state index contributed by atoms with van der Waals surface area (Å²) in [6.45, 7) is 3.87. The first-order chi connectivity index (χ1) is 9.60. The molecule has 0 fully saturated rings. The maximum atomic E-state index is 8.98. The van der Waals surface area contributed by atoms with Gasteiger partial charge >= 0.3 is 0 Å². The maximum absolute atomic E-state index is 8.98. The highest BCUT2D eigenvalue weighted by molar-refractivity contribution is 6.30. The van der Waals surface area contributed by atoms with Crippen molar-refractivity contribution >= 4 is 23.7 Å². The van der Waals surface area contributed by atoms with Crippen molar-refractivity contribution in [2.24, 2.45) is 5.10 Å². The first-order valence-electron chi connectivity index (χ1n) is 6.05. The van der Waals surface area contributed by atoms with Crippen LogP contribution >= 0.6 is 11.6 Å². The van der Waals surface area contributed by atoms with Crippen molar-refractivity contribution in [3.8, 4) is 6.07 Å². The second-order valence-corrected chi connectivity index (χ2v) is 4.86. The average molecular weight is 289 g/mol. The number of anilines is 1. The molecule has 0 bridgehead atoms. The Hall–Kier alpha value is -2.32. The Morgan fingerprint density at radius 1 is 1.50 bits per heavy atom. The van der Waals surface area contributed by atoms with Gasteiger partial charge in [-0.05, 0) is 17.7 Å². The Kier molecular flexibility index (Phi) is 4.38. The predicted octanol–water partition coefficient (Wildman–Crippen LogP) is 3.77. The zero-order valence-corrected chi connectivity index (χ0v) is 11.8. The van der Waals surface area contributed by atoms with Gasteiger partial charge in [0.1, 0.15) is 6.07 Å². The first kappa shape index (κ1) is 14.1. The van der Waals surface area contributed by atoms with Gasteiger partial charge in [0.2, 0.25) is 11.6 Å². The van der Waals surface area contributed by atoms with Gasteiger partial charge in [-0.2, -0.15) is 10.4 Å². The van der Waals surface area contributed by atoms with E-state index in [4.69, 9.17) is 21.3 Å². The predicted molar refractivity (Wildman–Crippen MR) is 78.0 cm³/mol. The molecule has 0 saturated heterocycles. The standard InChI is InChI=1S/C14H13ClN4O/c1-9(2)13-18-12(7-16)14(20-13)19-17-8-10-4-3-5-11(15)6-10/h3-6,8-9,19H,1-2H3/b17-8-. The first-order valence-corrected chi connectivity index (χ1v) is 6.43. The second-order valence-electron chi connectivity index (χ2n) is 4.42. The lowest BCUT2D eigenvalue weighted by Crippen LogP contribution is -1.91. The molecule has 0 aliphatic heterocycles. The summed E-state index contributed by atoms with van der Waals surface area (Å²) >= 11 is 5.87. The molecule has 0 amide bonds. The van der Waals surface area contributed by atoms with Crippen LogP contribution in [0.15, 0.2) is 33.8 Å². The van der Waals surface area contributed by atoms with Gasteiger partial charge < -0.3 is 4.42 Å². The summed E-state index contributed by atoms with van der Waals surface area (Å²) in [5.41, 5.74) is 3.71. The molecule has 0 atom stereocenters. The van der Waals surface area contributed by atoms with Gasteiger partial charge in [0.05, 0.1) is 6.21 Å². The van der Waals surface area contributed by atoms with E-state index in [1.165, 1.54) is 0 Å². The summed E-state index contributed by atoms with van der Waals surface area (Å²) in [6, 6.07) is 9.22. The van der Waals surface area contributed by atoms with E-state index >= 15 is 0 Å². The van der Waals surface area contributed by atoms with Crippen LogP contribution in [0.5, 0.6) is 0 Å². The van der Waals surface area contributed by atoms with Crippen molar-refractivity contribution in [2.45, 2.75) is 19.8 Å². The van der Waals surface area contributed by atoms with Crippen LogP contribution in [0.4, 0.5) is 5.88 Å². The highest BCUT2D eigenvalue weighted by Crippen LogP contribution is 2.22. The lowest BCUT2D eigenvalue weighted by molar-refractivity contribution is 0.481. The Bertz CT molecular complexity index is 670. The molecule has 0 radical (unpaired) electrons. The third kappa shape index (κ3) is 3.37. The smallest absolute Gasteiger partial charge is 0.252 e. The van der Waals surface area contributed by atoms with Crippen molar-refractivity contribution in [2.75, 3.05) is 5.43 Å². The number of aromatic nitrogens is 1. The normalized spacial score (nSPS) is 10.9. The topological polar surface area (TPSA) is 74.2 Å². The summed E-state index contributed by atoms with van der Waals surface area (Å²) in [7, 11) is 0. The molecule has 5 nitrogen and oxygen atoms in total. The zero-order valence-electron chi connectivity index (χ0n) is 11.1. The summed E-state index contributed by atoms with van der Waals surface area (Å²) in [5.74, 6) is 0.853. The molecule has 20 heavy (non-hydrogen) atoms. The van der Waals surface area contributed by atoms with Crippen LogP contribution in [-0.4, -0.2) is 11.2 Å². The third-order valence-electron chi connectivity index (χ3n) is 2.47. The Morgan fingerprint density at radius 2 is 2.30 bits per heavy atom. The number of nitrogens with zero attached hydrogens (tertiary/aromatic N) is 3. The van der Waals surface area contributed by atoms with Crippen LogP contribution in [0.2, 0.25) is 5.02 Å². The van der Waals surface area contributed by atoms with Gasteiger partial charge in [0, 0.05) is 10.9 Å². The SMILES string of the molecule is CC(C)c1nc(C#N)c(N/N=C\c2cccc(Cl)c2)o1. The van der Waals surface area contributed by atoms with Crippen molar-refractivity contribution in [3.63, 3.8) is 0 Å². The van der Waals surface area contributed by atoms with E-state index in [9.17, 15) is 0 Å². The molecule has 0 unspecified atom stereocenters. The monoisotopic (exact) mass is 288 g/mol. The van der Waals surface area contributed by atoms with Crippen LogP contribution in [0.1, 0.15) is 36.9 Å². The van der Waals surface area contributed by atoms with Gasteiger partial charge in [-0.15, -0.1) is 0 Å². The molecular weight excluding hydrogens is 276 g/mol. The molecule has 0 spiro atoms. The number of hydrogen-bond acceptors (Lipinski definition) is 5. The summed E-state index contributed by atoms with van der Waals surface area (Å²) in [5, 5.41) is 13.6. The minimum atomic E-state index is 0.106. The average Bonchev–Trinajstić information content (AvgIpc) is 2.82. The number of halogens is 1. The fourth-order valence-electron chi connectivity index (χ4n) is 1.49. The third-order valence-corrected chi connectivity index (χ3v) is 2.71. The van der Waals surface area contributed by atoms with Crippen molar-refractivity contribution in [3.05, 3.63) is 46.4 Å². The molecule has 2 aromatic rings. The van der Waals surface area contributed by atoms with Crippen molar-refractivity contribution in [1.82, 2.24) is 4.98 Å². The molecule has 1 N–H and O–H groups in total. The molecule has 0 aliphatic carbocycles. The molecule has 102 valence electrons. The fourth-order valence-corrected chi connectivity index (χ4v) is 1.69. The van der Waals surface area contributed by atoms with Gasteiger partial charge in [-0.3, -0.25) is 0 Å². The van der Waals surface area contributed by atoms with Crippen LogP contribution in [-0.2, 0) is 0 Å². The summed E-state index contributed by atoms with van der Waals surface area (Å²) < 4.78 is 5.44. The highest BCUT2D eigenvalue weighted by Gasteiger charge is 2.14. The van der Waals surface area contributed by atoms with Gasteiger partial charge in [-0.1, -0.05) is 37.6 Å².